The lowest BCUT2D eigenvalue weighted by atomic mass is 10.1. The number of rotatable bonds is 6. The highest BCUT2D eigenvalue weighted by atomic mass is 127. The monoisotopic (exact) mass is 542 g/mol. The molecule has 1 unspecified atom stereocenters. The number of benzene rings is 1. The van der Waals surface area contributed by atoms with Crippen LogP contribution in [0.1, 0.15) is 12.8 Å². The molecule has 10 heteroatoms. The minimum absolute atomic E-state index is 0.0664. The molecule has 0 radical (unpaired) electrons. The molecule has 3 aromatic rings. The smallest absolute Gasteiger partial charge is 0.241 e. The molecule has 3 heterocycles. The van der Waals surface area contributed by atoms with E-state index in [1.807, 2.05) is 45.4 Å². The van der Waals surface area contributed by atoms with Gasteiger partial charge in [-0.25, -0.2) is 9.97 Å². The van der Waals surface area contributed by atoms with Crippen LogP contribution in [0.2, 0.25) is 5.02 Å². The van der Waals surface area contributed by atoms with E-state index in [-0.39, 0.29) is 18.5 Å². The molecule has 1 fully saturated rings. The average Bonchev–Trinajstić information content (AvgIpc) is 3.17. The minimum Gasteiger partial charge on any atom is -0.375 e. The van der Waals surface area contributed by atoms with Gasteiger partial charge < -0.3 is 15.5 Å². The predicted molar refractivity (Wildman–Crippen MR) is 128 cm³/mol. The van der Waals surface area contributed by atoms with Crippen LogP contribution in [0.4, 0.5) is 11.5 Å². The second kappa shape index (κ2) is 9.40. The summed E-state index contributed by atoms with van der Waals surface area (Å²) in [6.45, 7) is 1.64. The Morgan fingerprint density at radius 3 is 3.00 bits per heavy atom. The lowest BCUT2D eigenvalue weighted by molar-refractivity contribution is -0.130. The van der Waals surface area contributed by atoms with Crippen molar-refractivity contribution in [3.8, 4) is 0 Å². The molecular formula is C19H20ClIN6OS. The molecule has 1 amide bonds. The number of para-hydroxylation sites is 1. The van der Waals surface area contributed by atoms with E-state index in [1.54, 1.807) is 15.4 Å². The van der Waals surface area contributed by atoms with E-state index in [1.165, 1.54) is 0 Å². The number of likely N-dealkylation sites (tertiary alicyclic amines) is 1. The number of amides is 1. The molecule has 1 aromatic carbocycles. The normalized spacial score (nSPS) is 16.8. The highest BCUT2D eigenvalue weighted by Crippen LogP contribution is 2.28. The maximum atomic E-state index is 12.7. The summed E-state index contributed by atoms with van der Waals surface area (Å²) in [5.74, 6) is 0.879. The Hall–Kier alpha value is -1.72. The Labute approximate surface area is 190 Å². The third-order valence-electron chi connectivity index (χ3n) is 4.94. The van der Waals surface area contributed by atoms with Crippen molar-refractivity contribution in [3.63, 3.8) is 0 Å². The first-order chi connectivity index (χ1) is 14.2. The fourth-order valence-electron chi connectivity index (χ4n) is 3.50. The largest absolute Gasteiger partial charge is 0.375 e. The Balaban J connectivity index is 1.39. The maximum absolute atomic E-state index is 12.7. The topological polar surface area (TPSA) is 75.1 Å². The molecule has 1 saturated heterocycles. The molecule has 0 aliphatic carbocycles. The Bertz CT molecular complexity index is 1020. The molecule has 0 bridgehead atoms. The molecule has 1 aliphatic rings. The van der Waals surface area contributed by atoms with Gasteiger partial charge in [0.05, 0.1) is 22.6 Å². The summed E-state index contributed by atoms with van der Waals surface area (Å²) in [6, 6.07) is 9.61. The van der Waals surface area contributed by atoms with Crippen molar-refractivity contribution in [2.45, 2.75) is 18.9 Å². The number of anilines is 2. The van der Waals surface area contributed by atoms with Crippen LogP contribution in [-0.2, 0) is 4.79 Å². The van der Waals surface area contributed by atoms with Crippen LogP contribution < -0.4 is 10.6 Å². The summed E-state index contributed by atoms with van der Waals surface area (Å²) in [5.41, 5.74) is 1.66. The van der Waals surface area contributed by atoms with E-state index >= 15 is 0 Å². The van der Waals surface area contributed by atoms with Crippen LogP contribution in [0, 0.1) is 0 Å². The average molecular weight is 543 g/mol. The molecule has 152 valence electrons. The third-order valence-corrected chi connectivity index (χ3v) is 6.99. The first kappa shape index (κ1) is 20.5. The van der Waals surface area contributed by atoms with Crippen LogP contribution in [-0.4, -0.2) is 50.4 Å². The van der Waals surface area contributed by atoms with Gasteiger partial charge in [-0.15, -0.1) is 0 Å². The molecule has 7 nitrogen and oxygen atoms in total. The van der Waals surface area contributed by atoms with Gasteiger partial charge in [0.2, 0.25) is 5.91 Å². The Morgan fingerprint density at radius 1 is 1.31 bits per heavy atom. The van der Waals surface area contributed by atoms with E-state index in [9.17, 15) is 4.79 Å². The summed E-state index contributed by atoms with van der Waals surface area (Å²) >= 11 is 8.38. The number of nitrogens with zero attached hydrogens (tertiary/aromatic N) is 4. The molecule has 0 saturated carbocycles. The van der Waals surface area contributed by atoms with Crippen molar-refractivity contribution in [1.29, 1.82) is 0 Å². The van der Waals surface area contributed by atoms with Gasteiger partial charge in [-0.1, -0.05) is 23.7 Å². The summed E-state index contributed by atoms with van der Waals surface area (Å²) in [5, 5.41) is 8.26. The van der Waals surface area contributed by atoms with Gasteiger partial charge in [0, 0.05) is 55.7 Å². The lowest BCUT2D eigenvalue weighted by Crippen LogP contribution is -2.47. The van der Waals surface area contributed by atoms with E-state index in [0.717, 1.165) is 41.9 Å². The van der Waals surface area contributed by atoms with Gasteiger partial charge in [0.15, 0.2) is 5.65 Å². The number of halogens is 2. The fraction of sp³-hybridized carbons (Fsp3) is 0.316. The van der Waals surface area contributed by atoms with Gasteiger partial charge in [0.25, 0.3) is 0 Å². The number of piperidine rings is 1. The quantitative estimate of drug-likeness (QED) is 0.449. The van der Waals surface area contributed by atoms with Crippen LogP contribution in [0.15, 0.2) is 42.9 Å². The third kappa shape index (κ3) is 4.72. The number of fused-ring (bicyclic) bond motifs is 1. The Kier molecular flexibility index (Phi) is 6.66. The van der Waals surface area contributed by atoms with Crippen LogP contribution >= 0.6 is 41.9 Å². The molecule has 1 atom stereocenters. The zero-order chi connectivity index (χ0) is 20.2. The molecule has 1 aliphatic heterocycles. The highest BCUT2D eigenvalue weighted by molar-refractivity contribution is 14.2. The molecule has 0 spiro atoms. The SMILES string of the molecule is O=C(CNc1ccccc1Cl)N1CCCC(Nc2ncnc3c2ccn3SI)C1. The van der Waals surface area contributed by atoms with E-state index < -0.39 is 0 Å². The van der Waals surface area contributed by atoms with Crippen molar-refractivity contribution in [3.05, 3.63) is 47.9 Å². The number of nitrogens with one attached hydrogen (secondary N) is 2. The number of carbonyl (C=O) groups is 1. The van der Waals surface area contributed by atoms with Crippen LogP contribution in [0.5, 0.6) is 0 Å². The molecule has 4 rings (SSSR count). The van der Waals surface area contributed by atoms with Crippen molar-refractivity contribution >= 4 is 70.4 Å². The summed E-state index contributed by atoms with van der Waals surface area (Å²) in [6.07, 6.45) is 5.51. The number of carbonyl (C=O) groups excluding carboxylic acids is 1. The summed E-state index contributed by atoms with van der Waals surface area (Å²) in [7, 11) is 1.57. The molecule has 29 heavy (non-hydrogen) atoms. The number of aromatic nitrogens is 3. The van der Waals surface area contributed by atoms with Gasteiger partial charge >= 0.3 is 0 Å². The Morgan fingerprint density at radius 2 is 2.17 bits per heavy atom. The van der Waals surface area contributed by atoms with Crippen molar-refractivity contribution < 1.29 is 4.79 Å². The summed E-state index contributed by atoms with van der Waals surface area (Å²) < 4.78 is 2.00. The van der Waals surface area contributed by atoms with E-state index in [0.29, 0.717) is 11.6 Å². The standard InChI is InChI=1S/C19H20ClIN6OS/c20-15-5-1-2-6-16(15)22-10-17(28)26-8-3-4-13(11-26)25-18-14-7-9-27(29-21)19(14)24-12-23-18/h1-2,5-7,9,12-13,22H,3-4,8,10-11H2,(H,23,24,25). The van der Waals surface area contributed by atoms with Crippen LogP contribution in [0.3, 0.4) is 0 Å². The zero-order valence-corrected chi connectivity index (χ0v) is 19.2. The van der Waals surface area contributed by atoms with E-state index in [4.69, 9.17) is 11.6 Å². The van der Waals surface area contributed by atoms with Crippen molar-refractivity contribution in [2.24, 2.45) is 0 Å². The van der Waals surface area contributed by atoms with E-state index in [2.05, 4.69) is 41.8 Å². The van der Waals surface area contributed by atoms with Gasteiger partial charge in [0.1, 0.15) is 12.1 Å². The maximum Gasteiger partial charge on any atom is 0.241 e. The zero-order valence-electron chi connectivity index (χ0n) is 15.5. The number of hydrogen-bond acceptors (Lipinski definition) is 6. The predicted octanol–water partition coefficient (Wildman–Crippen LogP) is 4.45. The number of hydrogen-bond donors (Lipinski definition) is 2. The molecule has 2 aromatic heterocycles. The first-order valence-corrected chi connectivity index (χ1v) is 13.0. The lowest BCUT2D eigenvalue weighted by Gasteiger charge is -2.33. The van der Waals surface area contributed by atoms with Gasteiger partial charge in [-0.2, -0.15) is 0 Å². The molecular weight excluding hydrogens is 523 g/mol. The van der Waals surface area contributed by atoms with Crippen LogP contribution in [0.25, 0.3) is 11.0 Å². The first-order valence-electron chi connectivity index (χ1n) is 9.29. The minimum atomic E-state index is 0.0664. The second-order valence-corrected chi connectivity index (χ2v) is 8.95. The van der Waals surface area contributed by atoms with Crippen molar-refractivity contribution in [2.75, 3.05) is 30.3 Å². The van der Waals surface area contributed by atoms with Gasteiger partial charge in [-0.3, -0.25) is 8.77 Å². The summed E-state index contributed by atoms with van der Waals surface area (Å²) in [4.78, 5) is 23.4. The molecule has 2 N–H and O–H groups in total. The highest BCUT2D eigenvalue weighted by Gasteiger charge is 2.24. The second-order valence-electron chi connectivity index (χ2n) is 6.83. The van der Waals surface area contributed by atoms with Crippen molar-refractivity contribution in [1.82, 2.24) is 18.8 Å². The fourth-order valence-corrected chi connectivity index (χ4v) is 4.97. The van der Waals surface area contributed by atoms with Gasteiger partial charge in [-0.05, 0) is 31.0 Å².